The van der Waals surface area contributed by atoms with Crippen molar-refractivity contribution in [3.05, 3.63) is 29.8 Å². The highest BCUT2D eigenvalue weighted by Crippen LogP contribution is 2.09. The van der Waals surface area contributed by atoms with Gasteiger partial charge in [-0.1, -0.05) is 31.5 Å². The molecule has 0 heterocycles. The zero-order chi connectivity index (χ0) is 13.5. The van der Waals surface area contributed by atoms with Gasteiger partial charge >= 0.3 is 6.09 Å². The van der Waals surface area contributed by atoms with Crippen LogP contribution in [0.5, 0.6) is 0 Å². The molecule has 1 aromatic rings. The molecule has 0 spiro atoms. The number of hydrogen-bond donors (Lipinski definition) is 1. The average molecular weight is 259 g/mol. The topological polar surface area (TPSA) is 72.5 Å². The van der Waals surface area contributed by atoms with Gasteiger partial charge < -0.3 is 4.74 Å². The van der Waals surface area contributed by atoms with Crippen LogP contribution in [0.3, 0.4) is 0 Å². The summed E-state index contributed by atoms with van der Waals surface area (Å²) in [4.78, 5) is 10.8. The second-order valence-electron chi connectivity index (χ2n) is 2.91. The number of sulfonamides is 1. The lowest BCUT2D eigenvalue weighted by Crippen LogP contribution is -2.30. The fourth-order valence-corrected chi connectivity index (χ4v) is 1.84. The van der Waals surface area contributed by atoms with Crippen molar-refractivity contribution in [2.75, 3.05) is 7.11 Å². The summed E-state index contributed by atoms with van der Waals surface area (Å²) in [7, 11) is -2.72. The molecule has 0 aliphatic carbocycles. The molecule has 1 N–H and O–H groups in total. The molecule has 0 unspecified atom stereocenters. The molecule has 0 radical (unpaired) electrons. The SMILES string of the molecule is CC.COC(=O)NS(=O)(=O)c1ccc(C)cc1. The lowest BCUT2D eigenvalue weighted by Gasteiger charge is -2.05. The third-order valence-corrected chi connectivity index (χ3v) is 3.06. The molecule has 0 bridgehead atoms. The van der Waals surface area contributed by atoms with E-state index < -0.39 is 16.1 Å². The number of nitrogens with one attached hydrogen (secondary N) is 1. The van der Waals surface area contributed by atoms with Crippen molar-refractivity contribution in [1.29, 1.82) is 0 Å². The first-order valence-electron chi connectivity index (χ1n) is 5.13. The van der Waals surface area contributed by atoms with Crippen LogP contribution in [0.25, 0.3) is 0 Å². The Labute approximate surface area is 102 Å². The second kappa shape index (κ2) is 6.90. The van der Waals surface area contributed by atoms with Crippen molar-refractivity contribution in [2.45, 2.75) is 25.7 Å². The average Bonchev–Trinajstić information content (AvgIpc) is 2.31. The molecule has 5 nitrogen and oxygen atoms in total. The smallest absolute Gasteiger partial charge is 0.420 e. The van der Waals surface area contributed by atoms with E-state index in [1.807, 2.05) is 20.8 Å². The third kappa shape index (κ3) is 4.86. The van der Waals surface area contributed by atoms with Crippen molar-refractivity contribution >= 4 is 16.1 Å². The Morgan fingerprint density at radius 1 is 1.18 bits per heavy atom. The van der Waals surface area contributed by atoms with Crippen LogP contribution in [-0.4, -0.2) is 21.6 Å². The third-order valence-electron chi connectivity index (χ3n) is 1.73. The first kappa shape index (κ1) is 15.4. The van der Waals surface area contributed by atoms with Crippen LogP contribution in [-0.2, 0) is 14.8 Å². The molecule has 0 atom stereocenters. The minimum Gasteiger partial charge on any atom is -0.452 e. The molecule has 0 aliphatic rings. The van der Waals surface area contributed by atoms with Crippen molar-refractivity contribution in [1.82, 2.24) is 4.72 Å². The number of benzene rings is 1. The maximum atomic E-state index is 11.5. The molecule has 1 aromatic carbocycles. The molecule has 0 fully saturated rings. The van der Waals surface area contributed by atoms with Gasteiger partial charge in [0.25, 0.3) is 10.0 Å². The fraction of sp³-hybridized carbons (Fsp3) is 0.364. The van der Waals surface area contributed by atoms with E-state index in [1.165, 1.54) is 12.1 Å². The van der Waals surface area contributed by atoms with Gasteiger partial charge in [0.15, 0.2) is 0 Å². The fourth-order valence-electron chi connectivity index (χ4n) is 0.928. The Kier molecular flexibility index (Phi) is 6.27. The van der Waals surface area contributed by atoms with E-state index in [4.69, 9.17) is 0 Å². The van der Waals surface area contributed by atoms with Gasteiger partial charge in [0.1, 0.15) is 0 Å². The normalized spacial score (nSPS) is 9.88. The Hall–Kier alpha value is -1.56. The van der Waals surface area contributed by atoms with Gasteiger partial charge in [0.05, 0.1) is 12.0 Å². The quantitative estimate of drug-likeness (QED) is 0.882. The van der Waals surface area contributed by atoms with Crippen molar-refractivity contribution in [3.8, 4) is 0 Å². The highest BCUT2D eigenvalue weighted by Gasteiger charge is 2.16. The number of hydrogen-bond acceptors (Lipinski definition) is 4. The van der Waals surface area contributed by atoms with Crippen LogP contribution < -0.4 is 4.72 Å². The lowest BCUT2D eigenvalue weighted by molar-refractivity contribution is 0.177. The summed E-state index contributed by atoms with van der Waals surface area (Å²) >= 11 is 0. The molecule has 1 rings (SSSR count). The minimum atomic E-state index is -3.81. The number of aryl methyl sites for hydroxylation is 1. The van der Waals surface area contributed by atoms with E-state index in [9.17, 15) is 13.2 Å². The molecular weight excluding hydrogens is 242 g/mol. The van der Waals surface area contributed by atoms with Gasteiger partial charge in [-0.3, -0.25) is 0 Å². The van der Waals surface area contributed by atoms with Crippen LogP contribution >= 0.6 is 0 Å². The molecule has 17 heavy (non-hydrogen) atoms. The molecular formula is C11H17NO4S. The van der Waals surface area contributed by atoms with Gasteiger partial charge in [-0.2, -0.15) is 0 Å². The standard InChI is InChI=1S/C9H11NO4S.C2H6/c1-7-3-5-8(6-4-7)15(12,13)10-9(11)14-2;1-2/h3-6H,1-2H3,(H,10,11);1-2H3. The molecule has 0 saturated heterocycles. The summed E-state index contributed by atoms with van der Waals surface area (Å²) in [6.07, 6.45) is -1.00. The zero-order valence-corrected chi connectivity index (χ0v) is 11.2. The summed E-state index contributed by atoms with van der Waals surface area (Å²) < 4.78 is 29.0. The van der Waals surface area contributed by atoms with Crippen molar-refractivity contribution in [3.63, 3.8) is 0 Å². The molecule has 1 amide bonds. The van der Waals surface area contributed by atoms with Gasteiger partial charge in [0, 0.05) is 0 Å². The number of methoxy groups -OCH3 is 1. The maximum Gasteiger partial charge on any atom is 0.420 e. The van der Waals surface area contributed by atoms with Crippen LogP contribution in [0.2, 0.25) is 0 Å². The number of rotatable bonds is 2. The molecule has 6 heteroatoms. The van der Waals surface area contributed by atoms with E-state index in [-0.39, 0.29) is 4.90 Å². The van der Waals surface area contributed by atoms with E-state index in [1.54, 1.807) is 16.9 Å². The molecule has 0 saturated carbocycles. The lowest BCUT2D eigenvalue weighted by atomic mass is 10.2. The minimum absolute atomic E-state index is 0.0264. The number of amides is 1. The van der Waals surface area contributed by atoms with E-state index in [0.717, 1.165) is 12.7 Å². The van der Waals surface area contributed by atoms with Crippen molar-refractivity contribution in [2.24, 2.45) is 0 Å². The zero-order valence-electron chi connectivity index (χ0n) is 10.4. The summed E-state index contributed by atoms with van der Waals surface area (Å²) in [5.41, 5.74) is 0.937. The molecule has 96 valence electrons. The Balaban J connectivity index is 0.00000121. The van der Waals surface area contributed by atoms with E-state index >= 15 is 0 Å². The molecule has 0 aliphatic heterocycles. The van der Waals surface area contributed by atoms with Crippen LogP contribution in [0.4, 0.5) is 4.79 Å². The predicted molar refractivity (Wildman–Crippen MR) is 65.3 cm³/mol. The highest BCUT2D eigenvalue weighted by atomic mass is 32.2. The summed E-state index contributed by atoms with van der Waals surface area (Å²) in [6.45, 7) is 5.84. The summed E-state index contributed by atoms with van der Waals surface area (Å²) in [5, 5.41) is 0. The number of carbonyl (C=O) groups is 1. The largest absolute Gasteiger partial charge is 0.452 e. The first-order valence-corrected chi connectivity index (χ1v) is 6.61. The van der Waals surface area contributed by atoms with Crippen LogP contribution in [0, 0.1) is 6.92 Å². The van der Waals surface area contributed by atoms with Gasteiger partial charge in [-0.15, -0.1) is 0 Å². The Morgan fingerprint density at radius 2 is 1.65 bits per heavy atom. The summed E-state index contributed by atoms with van der Waals surface area (Å²) in [6, 6.07) is 6.12. The number of carbonyl (C=O) groups excluding carboxylic acids is 1. The summed E-state index contributed by atoms with van der Waals surface area (Å²) in [5.74, 6) is 0. The Bertz CT molecular complexity index is 451. The second-order valence-corrected chi connectivity index (χ2v) is 4.59. The first-order chi connectivity index (χ1) is 7.95. The Morgan fingerprint density at radius 3 is 2.06 bits per heavy atom. The van der Waals surface area contributed by atoms with Gasteiger partial charge in [0.2, 0.25) is 0 Å². The van der Waals surface area contributed by atoms with Gasteiger partial charge in [-0.05, 0) is 19.1 Å². The maximum absolute atomic E-state index is 11.5. The van der Waals surface area contributed by atoms with Gasteiger partial charge in [-0.25, -0.2) is 17.9 Å². The van der Waals surface area contributed by atoms with E-state index in [2.05, 4.69) is 4.74 Å². The monoisotopic (exact) mass is 259 g/mol. The highest BCUT2D eigenvalue weighted by molar-refractivity contribution is 7.90. The van der Waals surface area contributed by atoms with Crippen LogP contribution in [0.15, 0.2) is 29.2 Å². The van der Waals surface area contributed by atoms with Crippen molar-refractivity contribution < 1.29 is 17.9 Å². The molecule has 0 aromatic heterocycles. The van der Waals surface area contributed by atoms with Crippen LogP contribution in [0.1, 0.15) is 19.4 Å². The van der Waals surface area contributed by atoms with E-state index in [0.29, 0.717) is 0 Å². The predicted octanol–water partition coefficient (Wildman–Crippen LogP) is 2.07. The number of ether oxygens (including phenoxy) is 1.